The molecule has 24 heavy (non-hydrogen) atoms. The average Bonchev–Trinajstić information content (AvgIpc) is 3.31. The monoisotopic (exact) mass is 337 g/mol. The minimum atomic E-state index is 0.0383. The molecule has 1 aromatic rings. The average molecular weight is 337 g/mol. The largest absolute Gasteiger partial charge is 0.454 e. The third kappa shape index (κ3) is 5.80. The molecule has 1 aromatic carbocycles. The van der Waals surface area contributed by atoms with E-state index in [1.165, 1.54) is 6.42 Å². The van der Waals surface area contributed by atoms with Crippen LogP contribution in [0.3, 0.4) is 0 Å². The molecule has 0 bridgehead atoms. The van der Waals surface area contributed by atoms with Gasteiger partial charge in [0.05, 0.1) is 12.6 Å². The van der Waals surface area contributed by atoms with E-state index in [0.29, 0.717) is 12.2 Å². The van der Waals surface area contributed by atoms with E-state index < -0.39 is 0 Å². The van der Waals surface area contributed by atoms with Crippen molar-refractivity contribution >= 4 is 5.78 Å². The van der Waals surface area contributed by atoms with Crippen LogP contribution >= 0.6 is 0 Å². The van der Waals surface area contributed by atoms with E-state index in [4.69, 9.17) is 14.6 Å². The fourth-order valence-corrected chi connectivity index (χ4v) is 2.65. The highest BCUT2D eigenvalue weighted by molar-refractivity contribution is 5.84. The molecule has 5 nitrogen and oxygen atoms in total. The molecule has 0 aromatic heterocycles. The highest BCUT2D eigenvalue weighted by Crippen LogP contribution is 2.32. The molecular weight excluding hydrogens is 306 g/mol. The summed E-state index contributed by atoms with van der Waals surface area (Å²) in [6, 6.07) is 5.56. The van der Waals surface area contributed by atoms with Gasteiger partial charge in [0.25, 0.3) is 0 Å². The lowest BCUT2D eigenvalue weighted by molar-refractivity contribution is -0.120. The third-order valence-corrected chi connectivity index (χ3v) is 4.16. The van der Waals surface area contributed by atoms with Gasteiger partial charge < -0.3 is 19.9 Å². The first-order valence-electron chi connectivity index (χ1n) is 8.93. The molecule has 3 rings (SSSR count). The molecular formula is C19H31NO4. The van der Waals surface area contributed by atoms with Crippen LogP contribution in [0.2, 0.25) is 0 Å². The number of benzene rings is 1. The van der Waals surface area contributed by atoms with Crippen LogP contribution in [0.1, 0.15) is 52.5 Å². The Labute approximate surface area is 145 Å². The van der Waals surface area contributed by atoms with Crippen molar-refractivity contribution in [3.63, 3.8) is 0 Å². The van der Waals surface area contributed by atoms with E-state index >= 15 is 0 Å². The summed E-state index contributed by atoms with van der Waals surface area (Å²) >= 11 is 0. The minimum absolute atomic E-state index is 0.0383. The van der Waals surface area contributed by atoms with Gasteiger partial charge in [-0.1, -0.05) is 40.2 Å². The Morgan fingerprint density at radius 3 is 2.54 bits per heavy atom. The van der Waals surface area contributed by atoms with Crippen molar-refractivity contribution in [1.29, 1.82) is 0 Å². The molecule has 0 amide bonds. The van der Waals surface area contributed by atoms with Gasteiger partial charge in [-0.3, -0.25) is 4.79 Å². The number of ketones is 1. The quantitative estimate of drug-likeness (QED) is 0.882. The second kappa shape index (κ2) is 11.0. The Balaban J connectivity index is 0.000000218. The van der Waals surface area contributed by atoms with Gasteiger partial charge in [0, 0.05) is 6.42 Å². The first-order chi connectivity index (χ1) is 11.7. The normalized spacial score (nSPS) is 20.5. The van der Waals surface area contributed by atoms with Crippen LogP contribution in [0, 0.1) is 5.92 Å². The van der Waals surface area contributed by atoms with Crippen LogP contribution in [-0.2, 0) is 11.4 Å². The molecule has 2 aliphatic heterocycles. The summed E-state index contributed by atoms with van der Waals surface area (Å²) in [6.07, 6.45) is 2.93. The zero-order valence-corrected chi connectivity index (χ0v) is 15.3. The first kappa shape index (κ1) is 20.5. The fraction of sp³-hybridized carbons (Fsp3) is 0.632. The molecule has 0 saturated carbocycles. The number of Topliss-reactive ketones (excluding diaryl/α,β-unsaturated/α-hetero) is 1. The molecule has 2 aliphatic rings. The molecule has 5 heteroatoms. The van der Waals surface area contributed by atoms with E-state index in [1.807, 2.05) is 26.8 Å². The maximum absolute atomic E-state index is 11.2. The van der Waals surface area contributed by atoms with Gasteiger partial charge in [-0.05, 0) is 36.6 Å². The van der Waals surface area contributed by atoms with Crippen molar-refractivity contribution in [1.82, 2.24) is 5.32 Å². The smallest absolute Gasteiger partial charge is 0.231 e. The van der Waals surface area contributed by atoms with Crippen molar-refractivity contribution in [2.45, 2.75) is 59.6 Å². The molecule has 2 heterocycles. The zero-order chi connectivity index (χ0) is 17.9. The lowest BCUT2D eigenvalue weighted by Gasteiger charge is -2.06. The molecule has 0 aliphatic carbocycles. The summed E-state index contributed by atoms with van der Waals surface area (Å²) in [7, 11) is 0. The Kier molecular flexibility index (Phi) is 9.42. The number of carbonyl (C=O) groups is 1. The second-order valence-electron chi connectivity index (χ2n) is 5.64. The lowest BCUT2D eigenvalue weighted by Crippen LogP contribution is -2.29. The van der Waals surface area contributed by atoms with Crippen molar-refractivity contribution in [3.05, 3.63) is 23.8 Å². The predicted molar refractivity (Wildman–Crippen MR) is 95.3 cm³/mol. The molecule has 1 fully saturated rings. The van der Waals surface area contributed by atoms with Gasteiger partial charge >= 0.3 is 0 Å². The first-order valence-corrected chi connectivity index (χ1v) is 8.93. The topological polar surface area (TPSA) is 67.8 Å². The minimum Gasteiger partial charge on any atom is -0.454 e. The number of aliphatic hydroxyl groups is 1. The zero-order valence-electron chi connectivity index (χ0n) is 15.3. The number of hydrogen-bond acceptors (Lipinski definition) is 5. The van der Waals surface area contributed by atoms with Crippen LogP contribution < -0.4 is 14.8 Å². The molecule has 2 atom stereocenters. The summed E-state index contributed by atoms with van der Waals surface area (Å²) in [5, 5.41) is 12.0. The molecule has 1 saturated heterocycles. The Morgan fingerprint density at radius 2 is 1.96 bits per heavy atom. The van der Waals surface area contributed by atoms with Crippen LogP contribution in [-0.4, -0.2) is 30.3 Å². The summed E-state index contributed by atoms with van der Waals surface area (Å²) in [5.74, 6) is 2.58. The van der Waals surface area contributed by atoms with Crippen LogP contribution in [0.15, 0.2) is 18.2 Å². The maximum Gasteiger partial charge on any atom is 0.231 e. The number of nitrogens with one attached hydrogen (secondary N) is 1. The summed E-state index contributed by atoms with van der Waals surface area (Å²) in [4.78, 5) is 11.2. The SMILES string of the molecule is CC.CCC(=O)[C@H]1C[C@@H](CC)CN1.OCc1ccc2c(c1)OCO2. The summed E-state index contributed by atoms with van der Waals surface area (Å²) in [5.41, 5.74) is 0.842. The number of ether oxygens (including phenoxy) is 2. The van der Waals surface area contributed by atoms with Gasteiger partial charge in [0.2, 0.25) is 6.79 Å². The van der Waals surface area contributed by atoms with Crippen molar-refractivity contribution < 1.29 is 19.4 Å². The van der Waals surface area contributed by atoms with Gasteiger partial charge in [0.1, 0.15) is 5.78 Å². The van der Waals surface area contributed by atoms with Gasteiger partial charge in [-0.2, -0.15) is 0 Å². The standard InChI is InChI=1S/C9H17NO.C8H8O3.C2H6/c1-3-7-5-8(10-6-7)9(11)4-2;9-4-6-1-2-7-8(3-6)11-5-10-7;1-2/h7-8,10H,3-6H2,1-2H3;1-3,9H,4-5H2;1-2H3/t7-,8-;;/m1../s1. The molecule has 0 spiro atoms. The second-order valence-corrected chi connectivity index (χ2v) is 5.64. The van der Waals surface area contributed by atoms with E-state index in [2.05, 4.69) is 12.2 Å². The van der Waals surface area contributed by atoms with Gasteiger partial charge in [-0.15, -0.1) is 0 Å². The van der Waals surface area contributed by atoms with Crippen molar-refractivity contribution in [2.75, 3.05) is 13.3 Å². The van der Waals surface area contributed by atoms with E-state index in [1.54, 1.807) is 12.1 Å². The number of fused-ring (bicyclic) bond motifs is 1. The van der Waals surface area contributed by atoms with Crippen LogP contribution in [0.4, 0.5) is 0 Å². The van der Waals surface area contributed by atoms with Gasteiger partial charge in [0.15, 0.2) is 11.5 Å². The molecule has 136 valence electrons. The van der Waals surface area contributed by atoms with Crippen molar-refractivity contribution in [3.8, 4) is 11.5 Å². The highest BCUT2D eigenvalue weighted by Gasteiger charge is 2.26. The van der Waals surface area contributed by atoms with Crippen LogP contribution in [0.5, 0.6) is 11.5 Å². The molecule has 2 N–H and O–H groups in total. The predicted octanol–water partition coefficient (Wildman–Crippen LogP) is 3.29. The third-order valence-electron chi connectivity index (χ3n) is 4.16. The van der Waals surface area contributed by atoms with E-state index in [-0.39, 0.29) is 19.4 Å². The van der Waals surface area contributed by atoms with Crippen LogP contribution in [0.25, 0.3) is 0 Å². The van der Waals surface area contributed by atoms with E-state index in [9.17, 15) is 4.79 Å². The molecule has 0 unspecified atom stereocenters. The fourth-order valence-electron chi connectivity index (χ4n) is 2.65. The highest BCUT2D eigenvalue weighted by atomic mass is 16.7. The van der Waals surface area contributed by atoms with Gasteiger partial charge in [-0.25, -0.2) is 0 Å². The number of aliphatic hydroxyl groups excluding tert-OH is 1. The Morgan fingerprint density at radius 1 is 1.25 bits per heavy atom. The lowest BCUT2D eigenvalue weighted by atomic mass is 10.0. The van der Waals surface area contributed by atoms with Crippen molar-refractivity contribution in [2.24, 2.45) is 5.92 Å². The number of rotatable bonds is 4. The molecule has 0 radical (unpaired) electrons. The summed E-state index contributed by atoms with van der Waals surface area (Å²) in [6.45, 7) is 9.47. The number of hydrogen-bond donors (Lipinski definition) is 2. The van der Waals surface area contributed by atoms with E-state index in [0.717, 1.165) is 35.9 Å². The number of carbonyl (C=O) groups excluding carboxylic acids is 1. The Bertz CT molecular complexity index is 504. The summed E-state index contributed by atoms with van der Waals surface area (Å²) < 4.78 is 10.2. The Hall–Kier alpha value is -1.59. The maximum atomic E-state index is 11.2.